The number of benzene rings is 2. The van der Waals surface area contributed by atoms with E-state index in [1.807, 2.05) is 49.9 Å². The number of nitrogens with one attached hydrogen (secondary N) is 1. The van der Waals surface area contributed by atoms with Gasteiger partial charge in [0.25, 0.3) is 5.91 Å². The van der Waals surface area contributed by atoms with Gasteiger partial charge in [-0.1, -0.05) is 45.0 Å². The highest BCUT2D eigenvalue weighted by atomic mass is 19.1. The van der Waals surface area contributed by atoms with E-state index in [0.29, 0.717) is 38.1 Å². The molecule has 0 aliphatic carbocycles. The molecule has 2 aromatic carbocycles. The molecule has 176 valence electrons. The first-order valence-electron chi connectivity index (χ1n) is 11.6. The number of amides is 2. The van der Waals surface area contributed by atoms with Gasteiger partial charge in [0.1, 0.15) is 11.6 Å². The van der Waals surface area contributed by atoms with E-state index in [0.717, 1.165) is 16.7 Å². The van der Waals surface area contributed by atoms with Gasteiger partial charge in [-0.2, -0.15) is 0 Å². The molecule has 0 saturated carbocycles. The van der Waals surface area contributed by atoms with Crippen LogP contribution in [0.2, 0.25) is 0 Å². The van der Waals surface area contributed by atoms with Gasteiger partial charge in [0.15, 0.2) is 6.10 Å². The minimum Gasteiger partial charge on any atom is -0.481 e. The molecular weight excluding hydrogens is 419 g/mol. The van der Waals surface area contributed by atoms with Gasteiger partial charge in [-0.05, 0) is 59.7 Å². The number of carbonyl (C=O) groups is 2. The van der Waals surface area contributed by atoms with E-state index in [-0.39, 0.29) is 23.5 Å². The van der Waals surface area contributed by atoms with Crippen LogP contribution in [-0.2, 0) is 16.0 Å². The molecule has 0 fully saturated rings. The third-order valence-electron chi connectivity index (χ3n) is 5.78. The molecule has 33 heavy (non-hydrogen) atoms. The number of halogens is 1. The largest absolute Gasteiger partial charge is 0.481 e. The van der Waals surface area contributed by atoms with E-state index < -0.39 is 12.1 Å². The Labute approximate surface area is 195 Å². The average Bonchev–Trinajstić information content (AvgIpc) is 2.79. The van der Waals surface area contributed by atoms with Gasteiger partial charge >= 0.3 is 0 Å². The number of rotatable bonds is 9. The molecule has 2 atom stereocenters. The fourth-order valence-electron chi connectivity index (χ4n) is 4.21. The summed E-state index contributed by atoms with van der Waals surface area (Å²) in [5.41, 5.74) is 2.72. The van der Waals surface area contributed by atoms with Crippen molar-refractivity contribution in [1.29, 1.82) is 0 Å². The lowest BCUT2D eigenvalue weighted by Gasteiger charge is -2.38. The molecule has 0 aromatic heterocycles. The molecule has 1 heterocycles. The molecule has 0 spiro atoms. The van der Waals surface area contributed by atoms with Crippen molar-refractivity contribution in [3.05, 3.63) is 77.6 Å². The van der Waals surface area contributed by atoms with Crippen molar-refractivity contribution < 1.29 is 18.7 Å². The van der Waals surface area contributed by atoms with Crippen LogP contribution in [0.5, 0.6) is 5.75 Å². The van der Waals surface area contributed by atoms with Crippen LogP contribution in [0.25, 0.3) is 0 Å². The minimum atomic E-state index is -0.641. The molecule has 1 aliphatic heterocycles. The first kappa shape index (κ1) is 24.5. The van der Waals surface area contributed by atoms with Crippen molar-refractivity contribution in [1.82, 2.24) is 10.2 Å². The van der Waals surface area contributed by atoms with Gasteiger partial charge in [0.2, 0.25) is 5.91 Å². The second-order valence-electron chi connectivity index (χ2n) is 8.80. The highest BCUT2D eigenvalue weighted by Crippen LogP contribution is 2.38. The maximum absolute atomic E-state index is 14.1. The number of carbonyl (C=O) groups excluding carboxylic acids is 2. The van der Waals surface area contributed by atoms with E-state index in [2.05, 4.69) is 11.9 Å². The fraction of sp³-hybridized carbons (Fsp3) is 0.407. The molecule has 0 saturated heterocycles. The molecule has 5 nitrogen and oxygen atoms in total. The van der Waals surface area contributed by atoms with Gasteiger partial charge < -0.3 is 15.0 Å². The van der Waals surface area contributed by atoms with Crippen LogP contribution in [0.1, 0.15) is 56.3 Å². The van der Waals surface area contributed by atoms with Crippen LogP contribution < -0.4 is 10.1 Å². The van der Waals surface area contributed by atoms with E-state index >= 15 is 0 Å². The van der Waals surface area contributed by atoms with Crippen molar-refractivity contribution in [2.45, 2.75) is 52.2 Å². The highest BCUT2D eigenvalue weighted by Gasteiger charge is 2.33. The van der Waals surface area contributed by atoms with Crippen molar-refractivity contribution in [3.63, 3.8) is 0 Å². The Morgan fingerprint density at radius 3 is 2.73 bits per heavy atom. The van der Waals surface area contributed by atoms with Gasteiger partial charge in [0, 0.05) is 19.5 Å². The van der Waals surface area contributed by atoms with Crippen LogP contribution in [-0.4, -0.2) is 35.9 Å². The summed E-state index contributed by atoms with van der Waals surface area (Å²) in [5, 5.41) is 2.77. The Bertz CT molecular complexity index is 1000. The first-order valence-corrected chi connectivity index (χ1v) is 11.6. The zero-order valence-electron chi connectivity index (χ0n) is 19.6. The number of nitrogens with zero attached hydrogens (tertiary/aromatic N) is 1. The molecule has 2 amide bonds. The lowest BCUT2D eigenvalue weighted by atomic mass is 9.87. The highest BCUT2D eigenvalue weighted by molar-refractivity contribution is 5.81. The van der Waals surface area contributed by atoms with Crippen LogP contribution >= 0.6 is 0 Å². The third-order valence-corrected chi connectivity index (χ3v) is 5.78. The van der Waals surface area contributed by atoms with Crippen LogP contribution in [0, 0.1) is 11.7 Å². The predicted molar refractivity (Wildman–Crippen MR) is 127 cm³/mol. The summed E-state index contributed by atoms with van der Waals surface area (Å²) in [7, 11) is 0. The minimum absolute atomic E-state index is 0.0477. The summed E-state index contributed by atoms with van der Waals surface area (Å²) in [4.78, 5) is 27.4. The lowest BCUT2D eigenvalue weighted by molar-refractivity contribution is -0.134. The Kier molecular flexibility index (Phi) is 8.26. The third kappa shape index (κ3) is 6.01. The summed E-state index contributed by atoms with van der Waals surface area (Å²) >= 11 is 0. The molecule has 0 radical (unpaired) electrons. The number of hydrogen-bond donors (Lipinski definition) is 1. The van der Waals surface area contributed by atoms with Gasteiger partial charge in [-0.25, -0.2) is 4.39 Å². The fourth-order valence-corrected chi connectivity index (χ4v) is 4.21. The van der Waals surface area contributed by atoms with E-state index in [1.54, 1.807) is 12.1 Å². The smallest absolute Gasteiger partial charge is 0.261 e. The Morgan fingerprint density at radius 2 is 2.06 bits per heavy atom. The first-order chi connectivity index (χ1) is 15.8. The summed E-state index contributed by atoms with van der Waals surface area (Å²) < 4.78 is 20.2. The second-order valence-corrected chi connectivity index (χ2v) is 8.80. The summed E-state index contributed by atoms with van der Waals surface area (Å²) in [5.74, 6) is 0.278. The normalized spacial score (nSPS) is 16.2. The van der Waals surface area contributed by atoms with Crippen molar-refractivity contribution >= 4 is 11.8 Å². The van der Waals surface area contributed by atoms with Gasteiger partial charge in [0.05, 0.1) is 6.04 Å². The standard InChI is InChI=1S/C27H33FN2O3/c1-5-13-29-27(32)24(6-2)33-22-11-10-19-12-14-30(25(31)15-18(3)4)26(23(19)17-22)20-8-7-9-21(28)16-20/h5,7-11,16-18,24,26H,1,6,12-15H2,2-4H3,(H,29,32). The molecule has 1 aliphatic rings. The molecule has 2 unspecified atom stereocenters. The lowest BCUT2D eigenvalue weighted by Crippen LogP contribution is -2.41. The quantitative estimate of drug-likeness (QED) is 0.556. The summed E-state index contributed by atoms with van der Waals surface area (Å²) in [6.07, 6.45) is 2.63. The van der Waals surface area contributed by atoms with Gasteiger partial charge in [-0.3, -0.25) is 9.59 Å². The molecular formula is C27H33FN2O3. The van der Waals surface area contributed by atoms with Crippen molar-refractivity contribution in [3.8, 4) is 5.75 Å². The molecule has 2 aromatic rings. The second kappa shape index (κ2) is 11.1. The number of ether oxygens (including phenoxy) is 1. The van der Waals surface area contributed by atoms with E-state index in [4.69, 9.17) is 4.74 Å². The maximum atomic E-state index is 14.1. The SMILES string of the molecule is C=CCNC(=O)C(CC)Oc1ccc2c(c1)C(c1cccc(F)c1)N(C(=O)CC(C)C)CC2. The average molecular weight is 453 g/mol. The summed E-state index contributed by atoms with van der Waals surface area (Å²) in [6, 6.07) is 11.7. The zero-order valence-corrected chi connectivity index (χ0v) is 19.6. The Balaban J connectivity index is 1.98. The predicted octanol–water partition coefficient (Wildman–Crippen LogP) is 4.81. The molecule has 0 bridgehead atoms. The zero-order chi connectivity index (χ0) is 24.0. The summed E-state index contributed by atoms with van der Waals surface area (Å²) in [6.45, 7) is 10.5. The Morgan fingerprint density at radius 1 is 1.27 bits per heavy atom. The van der Waals surface area contributed by atoms with E-state index in [9.17, 15) is 14.0 Å². The van der Waals surface area contributed by atoms with Crippen LogP contribution in [0.3, 0.4) is 0 Å². The van der Waals surface area contributed by atoms with Crippen LogP contribution in [0.4, 0.5) is 4.39 Å². The van der Waals surface area contributed by atoms with Crippen molar-refractivity contribution in [2.24, 2.45) is 5.92 Å². The monoisotopic (exact) mass is 452 g/mol. The number of fused-ring (bicyclic) bond motifs is 1. The van der Waals surface area contributed by atoms with Crippen LogP contribution in [0.15, 0.2) is 55.1 Å². The van der Waals surface area contributed by atoms with E-state index in [1.165, 1.54) is 12.1 Å². The van der Waals surface area contributed by atoms with Crippen molar-refractivity contribution in [2.75, 3.05) is 13.1 Å². The molecule has 3 rings (SSSR count). The topological polar surface area (TPSA) is 58.6 Å². The maximum Gasteiger partial charge on any atom is 0.261 e. The number of hydrogen-bond acceptors (Lipinski definition) is 3. The Hall–Kier alpha value is -3.15. The molecule has 1 N–H and O–H groups in total. The molecule has 6 heteroatoms. The van der Waals surface area contributed by atoms with Gasteiger partial charge in [-0.15, -0.1) is 6.58 Å².